The van der Waals surface area contributed by atoms with Gasteiger partial charge in [0.15, 0.2) is 0 Å². The molecule has 5 atom stereocenters. The largest absolute Gasteiger partial charge is 0.354 e. The van der Waals surface area contributed by atoms with Crippen LogP contribution in [0.15, 0.2) is 18.3 Å². The average Bonchev–Trinajstić information content (AvgIpc) is 2.97. The SMILES string of the molecule is C[C@H]1N2CC3CC(CC1(c1cccn1C)C3)C21CCCCC1. The molecular weight excluding hydrogens is 268 g/mol. The van der Waals surface area contributed by atoms with Crippen molar-refractivity contribution in [2.24, 2.45) is 18.9 Å². The zero-order valence-corrected chi connectivity index (χ0v) is 14.2. The van der Waals surface area contributed by atoms with Crippen molar-refractivity contribution in [3.63, 3.8) is 0 Å². The number of aromatic nitrogens is 1. The molecule has 2 saturated carbocycles. The minimum absolute atomic E-state index is 0.437. The molecule has 1 aromatic rings. The Hall–Kier alpha value is -0.760. The molecule has 22 heavy (non-hydrogen) atoms. The van der Waals surface area contributed by atoms with Gasteiger partial charge in [0.25, 0.3) is 0 Å². The highest BCUT2D eigenvalue weighted by atomic mass is 15.3. The molecular formula is C20H30N2. The number of aryl methyl sites for hydroxylation is 1. The molecule has 6 rings (SSSR count). The Labute approximate surface area is 134 Å². The van der Waals surface area contributed by atoms with E-state index in [0.717, 1.165) is 17.9 Å². The van der Waals surface area contributed by atoms with Crippen LogP contribution in [-0.2, 0) is 12.5 Å². The minimum Gasteiger partial charge on any atom is -0.354 e. The first-order valence-corrected chi connectivity index (χ1v) is 9.54. The Morgan fingerprint density at radius 1 is 1.14 bits per heavy atom. The van der Waals surface area contributed by atoms with Crippen LogP contribution in [0.5, 0.6) is 0 Å². The van der Waals surface area contributed by atoms with Gasteiger partial charge in [0.1, 0.15) is 0 Å². The quantitative estimate of drug-likeness (QED) is 0.758. The second-order valence-corrected chi connectivity index (χ2v) is 8.86. The van der Waals surface area contributed by atoms with Gasteiger partial charge in [-0.1, -0.05) is 19.3 Å². The summed E-state index contributed by atoms with van der Waals surface area (Å²) in [5.41, 5.74) is 2.64. The van der Waals surface area contributed by atoms with Gasteiger partial charge >= 0.3 is 0 Å². The van der Waals surface area contributed by atoms with Crippen molar-refractivity contribution in [2.45, 2.75) is 75.3 Å². The Kier molecular flexibility index (Phi) is 2.74. The van der Waals surface area contributed by atoms with E-state index in [9.17, 15) is 0 Å². The summed E-state index contributed by atoms with van der Waals surface area (Å²) in [5, 5.41) is 0. The summed E-state index contributed by atoms with van der Waals surface area (Å²) in [6.07, 6.45) is 14.1. The average molecular weight is 298 g/mol. The Morgan fingerprint density at radius 3 is 2.68 bits per heavy atom. The highest BCUT2D eigenvalue weighted by molar-refractivity contribution is 5.30. The number of rotatable bonds is 1. The van der Waals surface area contributed by atoms with Crippen molar-refractivity contribution in [3.05, 3.63) is 24.0 Å². The van der Waals surface area contributed by atoms with E-state index >= 15 is 0 Å². The molecule has 120 valence electrons. The molecule has 2 aliphatic carbocycles. The molecule has 0 N–H and O–H groups in total. The van der Waals surface area contributed by atoms with Gasteiger partial charge in [-0.2, -0.15) is 0 Å². The van der Waals surface area contributed by atoms with Crippen LogP contribution in [0, 0.1) is 11.8 Å². The first-order chi connectivity index (χ1) is 10.7. The first kappa shape index (κ1) is 13.7. The lowest BCUT2D eigenvalue weighted by atomic mass is 9.48. The minimum atomic E-state index is 0.437. The molecule has 0 amide bonds. The Balaban J connectivity index is 1.61. The van der Waals surface area contributed by atoms with Crippen molar-refractivity contribution in [1.29, 1.82) is 0 Å². The molecule has 4 unspecified atom stereocenters. The smallest absolute Gasteiger partial charge is 0.0265 e. The van der Waals surface area contributed by atoms with E-state index in [1.165, 1.54) is 57.9 Å². The van der Waals surface area contributed by atoms with Crippen molar-refractivity contribution in [2.75, 3.05) is 6.54 Å². The third-order valence-corrected chi connectivity index (χ3v) is 8.11. The molecule has 5 fully saturated rings. The first-order valence-electron chi connectivity index (χ1n) is 9.54. The van der Waals surface area contributed by atoms with Gasteiger partial charge < -0.3 is 4.57 Å². The number of piperidine rings is 3. The van der Waals surface area contributed by atoms with E-state index in [4.69, 9.17) is 0 Å². The lowest BCUT2D eigenvalue weighted by Crippen LogP contribution is -2.75. The van der Waals surface area contributed by atoms with Crippen molar-refractivity contribution in [1.82, 2.24) is 9.47 Å². The van der Waals surface area contributed by atoms with Gasteiger partial charge in [0.05, 0.1) is 0 Å². The fourth-order valence-electron chi connectivity index (χ4n) is 7.29. The third-order valence-electron chi connectivity index (χ3n) is 8.11. The molecule has 2 nitrogen and oxygen atoms in total. The standard InChI is InChI=1S/C20H30N2/c1-15-19(18-7-6-10-21(18)2)12-16-11-17(13-19)20(22(15)14-16)8-4-3-5-9-20/h6-7,10,15-17H,3-5,8-9,11-14H2,1-2H3/t15-,16?,17?,19?/m1/s1. The zero-order chi connectivity index (χ0) is 14.9. The summed E-state index contributed by atoms with van der Waals surface area (Å²) in [6.45, 7) is 3.95. The summed E-state index contributed by atoms with van der Waals surface area (Å²) in [7, 11) is 2.26. The predicted octanol–water partition coefficient (Wildman–Crippen LogP) is 4.10. The maximum absolute atomic E-state index is 3.02. The van der Waals surface area contributed by atoms with Crippen LogP contribution < -0.4 is 0 Å². The maximum atomic E-state index is 3.02. The summed E-state index contributed by atoms with van der Waals surface area (Å²) in [6, 6.07) is 5.40. The second-order valence-electron chi connectivity index (χ2n) is 8.86. The number of hydrogen-bond donors (Lipinski definition) is 0. The van der Waals surface area contributed by atoms with Gasteiger partial charge in [-0.15, -0.1) is 0 Å². The highest BCUT2D eigenvalue weighted by Crippen LogP contribution is 2.63. The molecule has 3 aliphatic heterocycles. The van der Waals surface area contributed by atoms with Gasteiger partial charge in [-0.3, -0.25) is 4.90 Å². The van der Waals surface area contributed by atoms with Gasteiger partial charge in [0, 0.05) is 42.5 Å². The lowest BCUT2D eigenvalue weighted by Gasteiger charge is -2.71. The molecule has 2 heteroatoms. The molecule has 0 aromatic carbocycles. The lowest BCUT2D eigenvalue weighted by molar-refractivity contribution is -0.183. The summed E-state index contributed by atoms with van der Waals surface area (Å²) < 4.78 is 2.41. The Morgan fingerprint density at radius 2 is 1.95 bits per heavy atom. The van der Waals surface area contributed by atoms with Gasteiger partial charge in [-0.05, 0) is 63.0 Å². The monoisotopic (exact) mass is 298 g/mol. The van der Waals surface area contributed by atoms with E-state index < -0.39 is 0 Å². The van der Waals surface area contributed by atoms with Crippen LogP contribution in [0.2, 0.25) is 0 Å². The summed E-state index contributed by atoms with van der Waals surface area (Å²) >= 11 is 0. The van der Waals surface area contributed by atoms with Crippen LogP contribution in [-0.4, -0.2) is 27.6 Å². The number of hydrogen-bond acceptors (Lipinski definition) is 1. The van der Waals surface area contributed by atoms with E-state index in [2.05, 4.69) is 41.8 Å². The van der Waals surface area contributed by atoms with Crippen LogP contribution >= 0.6 is 0 Å². The van der Waals surface area contributed by atoms with Crippen molar-refractivity contribution in [3.8, 4) is 0 Å². The molecule has 4 bridgehead atoms. The van der Waals surface area contributed by atoms with Gasteiger partial charge in [0.2, 0.25) is 0 Å². The number of nitrogens with zero attached hydrogens (tertiary/aromatic N) is 2. The van der Waals surface area contributed by atoms with Crippen LogP contribution in [0.25, 0.3) is 0 Å². The fraction of sp³-hybridized carbons (Fsp3) is 0.800. The fourth-order valence-corrected chi connectivity index (χ4v) is 7.29. The summed E-state index contributed by atoms with van der Waals surface area (Å²) in [4.78, 5) is 3.02. The summed E-state index contributed by atoms with van der Waals surface area (Å²) in [5.74, 6) is 1.92. The van der Waals surface area contributed by atoms with E-state index in [-0.39, 0.29) is 0 Å². The van der Waals surface area contributed by atoms with E-state index in [1.54, 1.807) is 5.69 Å². The van der Waals surface area contributed by atoms with Crippen molar-refractivity contribution >= 4 is 0 Å². The zero-order valence-electron chi connectivity index (χ0n) is 14.2. The maximum Gasteiger partial charge on any atom is 0.0265 e. The van der Waals surface area contributed by atoms with Crippen molar-refractivity contribution < 1.29 is 0 Å². The van der Waals surface area contributed by atoms with Crippen LogP contribution in [0.4, 0.5) is 0 Å². The molecule has 3 saturated heterocycles. The van der Waals surface area contributed by atoms with Gasteiger partial charge in [-0.25, -0.2) is 0 Å². The second kappa shape index (κ2) is 4.41. The van der Waals surface area contributed by atoms with E-state index in [0.29, 0.717) is 11.0 Å². The molecule has 1 spiro atoms. The predicted molar refractivity (Wildman–Crippen MR) is 89.9 cm³/mol. The molecule has 0 radical (unpaired) electrons. The normalized spacial score (nSPS) is 45.5. The molecule has 5 aliphatic rings. The van der Waals surface area contributed by atoms with Crippen LogP contribution in [0.3, 0.4) is 0 Å². The molecule has 1 aromatic heterocycles. The van der Waals surface area contributed by atoms with Crippen LogP contribution in [0.1, 0.15) is 64.0 Å². The Bertz CT molecular complexity index is 582. The topological polar surface area (TPSA) is 8.17 Å². The van der Waals surface area contributed by atoms with E-state index in [1.807, 2.05) is 0 Å². The third kappa shape index (κ3) is 1.50. The molecule has 4 heterocycles. The highest BCUT2D eigenvalue weighted by Gasteiger charge is 2.64.